The molecule has 0 fully saturated rings. The third-order valence-electron chi connectivity index (χ3n) is 4.05. The molecule has 0 unspecified atom stereocenters. The first kappa shape index (κ1) is 12.2. The molecule has 2 heterocycles. The molecule has 102 valence electrons. The second kappa shape index (κ2) is 4.74. The molecule has 2 heteroatoms. The number of fused-ring (bicyclic) bond motifs is 3. The van der Waals surface area contributed by atoms with E-state index in [4.69, 9.17) is 0 Å². The highest BCUT2D eigenvalue weighted by Crippen LogP contribution is 2.31. The monoisotopic (exact) mass is 272 g/mol. The number of aryl methyl sites for hydroxylation is 1. The van der Waals surface area contributed by atoms with Gasteiger partial charge in [0.25, 0.3) is 0 Å². The molecule has 0 aliphatic carbocycles. The molecule has 0 aliphatic heterocycles. The Kier molecular flexibility index (Phi) is 2.74. The van der Waals surface area contributed by atoms with Gasteiger partial charge in [-0.2, -0.15) is 0 Å². The van der Waals surface area contributed by atoms with E-state index in [1.165, 1.54) is 27.4 Å². The van der Waals surface area contributed by atoms with Crippen LogP contribution in [0.2, 0.25) is 0 Å². The van der Waals surface area contributed by atoms with Crippen molar-refractivity contribution in [2.75, 3.05) is 0 Å². The topological polar surface area (TPSA) is 17.8 Å². The van der Waals surface area contributed by atoms with Crippen LogP contribution in [0.3, 0.4) is 0 Å². The highest BCUT2D eigenvalue weighted by atomic mass is 15.0. The smallest absolute Gasteiger partial charge is 0.0702 e. The summed E-state index contributed by atoms with van der Waals surface area (Å²) in [6, 6.07) is 21.3. The number of rotatable bonds is 2. The van der Waals surface area contributed by atoms with Crippen LogP contribution in [-0.2, 0) is 6.54 Å². The van der Waals surface area contributed by atoms with E-state index in [9.17, 15) is 0 Å². The van der Waals surface area contributed by atoms with Crippen LogP contribution in [-0.4, -0.2) is 9.55 Å². The molecule has 0 saturated heterocycles. The maximum Gasteiger partial charge on any atom is 0.0702 e. The van der Waals surface area contributed by atoms with Crippen molar-refractivity contribution < 1.29 is 0 Å². The lowest BCUT2D eigenvalue weighted by atomic mass is 10.1. The molecule has 0 saturated carbocycles. The van der Waals surface area contributed by atoms with Gasteiger partial charge in [-0.25, -0.2) is 0 Å². The standard InChI is InChI=1S/C19H16N2/c1-2-21-18-9-4-3-7-15(18)16-11-10-14(13-19(16)21)17-8-5-6-12-20-17/h3-13H,2H2,1H3. The minimum absolute atomic E-state index is 0.968. The Morgan fingerprint density at radius 2 is 1.67 bits per heavy atom. The number of benzene rings is 2. The minimum Gasteiger partial charge on any atom is -0.341 e. The van der Waals surface area contributed by atoms with Crippen LogP contribution in [0.5, 0.6) is 0 Å². The van der Waals surface area contributed by atoms with Gasteiger partial charge >= 0.3 is 0 Å². The first-order valence-corrected chi connectivity index (χ1v) is 7.31. The van der Waals surface area contributed by atoms with Gasteiger partial charge in [0, 0.05) is 40.1 Å². The molecule has 2 nitrogen and oxygen atoms in total. The van der Waals surface area contributed by atoms with E-state index in [0.717, 1.165) is 12.2 Å². The zero-order valence-corrected chi connectivity index (χ0v) is 12.0. The van der Waals surface area contributed by atoms with Gasteiger partial charge in [0.05, 0.1) is 5.69 Å². The van der Waals surface area contributed by atoms with E-state index in [1.54, 1.807) is 0 Å². The van der Waals surface area contributed by atoms with Gasteiger partial charge in [-0.1, -0.05) is 36.4 Å². The summed E-state index contributed by atoms with van der Waals surface area (Å²) in [6.07, 6.45) is 1.84. The first-order chi connectivity index (χ1) is 10.4. The van der Waals surface area contributed by atoms with Crippen molar-refractivity contribution in [3.63, 3.8) is 0 Å². The van der Waals surface area contributed by atoms with Crippen LogP contribution in [0.4, 0.5) is 0 Å². The molecule has 0 spiro atoms. The maximum absolute atomic E-state index is 4.46. The van der Waals surface area contributed by atoms with Crippen molar-refractivity contribution in [1.29, 1.82) is 0 Å². The summed E-state index contributed by atoms with van der Waals surface area (Å²) in [7, 11) is 0. The summed E-state index contributed by atoms with van der Waals surface area (Å²) in [5.74, 6) is 0. The van der Waals surface area contributed by atoms with Gasteiger partial charge in [0.2, 0.25) is 0 Å². The lowest BCUT2D eigenvalue weighted by Gasteiger charge is -2.05. The van der Waals surface area contributed by atoms with Crippen molar-refractivity contribution in [3.8, 4) is 11.3 Å². The van der Waals surface area contributed by atoms with Gasteiger partial charge < -0.3 is 4.57 Å². The highest BCUT2D eigenvalue weighted by molar-refractivity contribution is 6.08. The third-order valence-corrected chi connectivity index (χ3v) is 4.05. The summed E-state index contributed by atoms with van der Waals surface area (Å²) in [5.41, 5.74) is 4.77. The molecule has 0 amide bonds. The fourth-order valence-electron chi connectivity index (χ4n) is 3.08. The molecule has 0 aliphatic rings. The Balaban J connectivity index is 2.06. The number of aromatic nitrogens is 2. The summed E-state index contributed by atoms with van der Waals surface area (Å²) in [6.45, 7) is 3.16. The molecule has 0 N–H and O–H groups in total. The average molecular weight is 272 g/mol. The molecular weight excluding hydrogens is 256 g/mol. The van der Waals surface area contributed by atoms with Crippen LogP contribution in [0.1, 0.15) is 6.92 Å². The molecule has 2 aromatic carbocycles. The predicted octanol–water partition coefficient (Wildman–Crippen LogP) is 4.88. The van der Waals surface area contributed by atoms with Crippen LogP contribution in [0.25, 0.3) is 33.1 Å². The fraction of sp³-hybridized carbons (Fsp3) is 0.105. The second-order valence-electron chi connectivity index (χ2n) is 5.21. The number of hydrogen-bond acceptors (Lipinski definition) is 1. The molecule has 4 rings (SSSR count). The average Bonchev–Trinajstić information content (AvgIpc) is 2.88. The molecule has 2 aromatic heterocycles. The molecule has 4 aromatic rings. The zero-order chi connectivity index (χ0) is 14.2. The van der Waals surface area contributed by atoms with E-state index in [-0.39, 0.29) is 0 Å². The lowest BCUT2D eigenvalue weighted by molar-refractivity contribution is 0.827. The SMILES string of the molecule is CCn1c2ccccc2c2ccc(-c3ccccn3)cc21. The molecule has 0 atom stereocenters. The predicted molar refractivity (Wildman–Crippen MR) is 88.3 cm³/mol. The van der Waals surface area contributed by atoms with Crippen molar-refractivity contribution >= 4 is 21.8 Å². The summed E-state index contributed by atoms with van der Waals surface area (Å²) in [5, 5.41) is 2.63. The van der Waals surface area contributed by atoms with Gasteiger partial charge in [-0.05, 0) is 31.2 Å². The number of pyridine rings is 1. The largest absolute Gasteiger partial charge is 0.341 e. The second-order valence-corrected chi connectivity index (χ2v) is 5.21. The molecular formula is C19H16N2. The van der Waals surface area contributed by atoms with Crippen LogP contribution in [0.15, 0.2) is 66.9 Å². The van der Waals surface area contributed by atoms with E-state index in [2.05, 4.69) is 65.0 Å². The maximum atomic E-state index is 4.46. The first-order valence-electron chi connectivity index (χ1n) is 7.31. The van der Waals surface area contributed by atoms with Gasteiger partial charge in [0.15, 0.2) is 0 Å². The van der Waals surface area contributed by atoms with Crippen LogP contribution < -0.4 is 0 Å². The van der Waals surface area contributed by atoms with Crippen molar-refractivity contribution in [1.82, 2.24) is 9.55 Å². The minimum atomic E-state index is 0.968. The Morgan fingerprint density at radius 1 is 0.857 bits per heavy atom. The van der Waals surface area contributed by atoms with Crippen molar-refractivity contribution in [2.24, 2.45) is 0 Å². The van der Waals surface area contributed by atoms with Crippen LogP contribution in [0, 0.1) is 0 Å². The fourth-order valence-corrected chi connectivity index (χ4v) is 3.08. The molecule has 0 radical (unpaired) electrons. The van der Waals surface area contributed by atoms with E-state index >= 15 is 0 Å². The third kappa shape index (κ3) is 1.83. The van der Waals surface area contributed by atoms with E-state index in [1.807, 2.05) is 18.3 Å². The molecule has 0 bridgehead atoms. The van der Waals surface area contributed by atoms with Gasteiger partial charge in [0.1, 0.15) is 0 Å². The quantitative estimate of drug-likeness (QED) is 0.508. The Hall–Kier alpha value is -2.61. The summed E-state index contributed by atoms with van der Waals surface area (Å²) < 4.78 is 2.37. The zero-order valence-electron chi connectivity index (χ0n) is 12.0. The molecule has 21 heavy (non-hydrogen) atoms. The Bertz CT molecular complexity index is 920. The normalized spacial score (nSPS) is 11.3. The number of hydrogen-bond donors (Lipinski definition) is 0. The van der Waals surface area contributed by atoms with Crippen molar-refractivity contribution in [2.45, 2.75) is 13.5 Å². The van der Waals surface area contributed by atoms with E-state index in [0.29, 0.717) is 0 Å². The summed E-state index contributed by atoms with van der Waals surface area (Å²) in [4.78, 5) is 4.46. The van der Waals surface area contributed by atoms with Gasteiger partial charge in [-0.3, -0.25) is 4.98 Å². The number of para-hydroxylation sites is 1. The number of nitrogens with zero attached hydrogens (tertiary/aromatic N) is 2. The van der Waals surface area contributed by atoms with Crippen molar-refractivity contribution in [3.05, 3.63) is 66.9 Å². The highest BCUT2D eigenvalue weighted by Gasteiger charge is 2.10. The summed E-state index contributed by atoms with van der Waals surface area (Å²) >= 11 is 0. The van der Waals surface area contributed by atoms with E-state index < -0.39 is 0 Å². The lowest BCUT2D eigenvalue weighted by Crippen LogP contribution is -1.93. The van der Waals surface area contributed by atoms with Crippen LogP contribution >= 0.6 is 0 Å². The Labute approximate surface area is 123 Å². The van der Waals surface area contributed by atoms with Gasteiger partial charge in [-0.15, -0.1) is 0 Å². The Morgan fingerprint density at radius 3 is 2.48 bits per heavy atom.